The zero-order valence-corrected chi connectivity index (χ0v) is 20.3. The van der Waals surface area contributed by atoms with E-state index in [1.165, 1.54) is 11.8 Å². The van der Waals surface area contributed by atoms with Gasteiger partial charge in [-0.25, -0.2) is 0 Å². The van der Waals surface area contributed by atoms with Gasteiger partial charge in [-0.05, 0) is 42.7 Å². The quantitative estimate of drug-likeness (QED) is 0.343. The smallest absolute Gasteiger partial charge is 0.271 e. The number of pyridine rings is 1. The molecule has 1 aromatic heterocycles. The van der Waals surface area contributed by atoms with Gasteiger partial charge < -0.3 is 5.11 Å². The van der Waals surface area contributed by atoms with E-state index in [0.29, 0.717) is 20.7 Å². The van der Waals surface area contributed by atoms with Crippen molar-refractivity contribution in [1.82, 2.24) is 9.47 Å². The van der Waals surface area contributed by atoms with Crippen molar-refractivity contribution in [1.29, 1.82) is 5.26 Å². The van der Waals surface area contributed by atoms with E-state index >= 15 is 0 Å². The van der Waals surface area contributed by atoms with Crippen molar-refractivity contribution >= 4 is 57.7 Å². The fourth-order valence-corrected chi connectivity index (χ4v) is 4.89. The molecule has 2 heterocycles. The van der Waals surface area contributed by atoms with Crippen LogP contribution in [-0.4, -0.2) is 37.1 Å². The predicted octanol–water partition coefficient (Wildman–Crippen LogP) is 4.27. The topological polar surface area (TPSA) is 103 Å². The highest BCUT2D eigenvalue weighted by Crippen LogP contribution is 2.33. The predicted molar refractivity (Wildman–Crippen MR) is 132 cm³/mol. The number of benzene rings is 1. The molecular weight excluding hydrogens is 482 g/mol. The number of thioether (sulfide) groups is 1. The third-order valence-corrected chi connectivity index (χ3v) is 6.76. The van der Waals surface area contributed by atoms with Crippen molar-refractivity contribution in [3.63, 3.8) is 0 Å². The molecule has 2 aromatic rings. The Morgan fingerprint density at radius 1 is 1.27 bits per heavy atom. The normalized spacial score (nSPS) is 14.7. The lowest BCUT2D eigenvalue weighted by molar-refractivity contribution is -0.122. The summed E-state index contributed by atoms with van der Waals surface area (Å²) in [5.41, 5.74) is 0.0298. The summed E-state index contributed by atoms with van der Waals surface area (Å²) in [6, 6.07) is 8.82. The van der Waals surface area contributed by atoms with Gasteiger partial charge in [0, 0.05) is 24.5 Å². The van der Waals surface area contributed by atoms with Gasteiger partial charge in [-0.15, -0.1) is 0 Å². The Labute approximate surface area is 205 Å². The van der Waals surface area contributed by atoms with Crippen LogP contribution < -0.4 is 5.56 Å². The number of carbonyl (C=O) groups is 2. The second-order valence-corrected chi connectivity index (χ2v) is 9.44. The first-order valence-corrected chi connectivity index (χ1v) is 11.7. The lowest BCUT2D eigenvalue weighted by Crippen LogP contribution is -2.31. The van der Waals surface area contributed by atoms with E-state index < -0.39 is 17.2 Å². The first kappa shape index (κ1) is 24.7. The zero-order chi connectivity index (χ0) is 24.3. The fourth-order valence-electron chi connectivity index (χ4n) is 3.46. The van der Waals surface area contributed by atoms with Crippen LogP contribution in [-0.2, 0) is 11.3 Å². The van der Waals surface area contributed by atoms with Gasteiger partial charge in [-0.3, -0.25) is 23.9 Å². The van der Waals surface area contributed by atoms with Gasteiger partial charge in [0.1, 0.15) is 16.0 Å². The van der Waals surface area contributed by atoms with Gasteiger partial charge in [-0.2, -0.15) is 5.26 Å². The third kappa shape index (κ3) is 5.03. The van der Waals surface area contributed by atoms with Crippen LogP contribution in [0.2, 0.25) is 5.02 Å². The summed E-state index contributed by atoms with van der Waals surface area (Å²) in [6.07, 6.45) is 2.10. The van der Waals surface area contributed by atoms with Crippen molar-refractivity contribution < 1.29 is 14.7 Å². The van der Waals surface area contributed by atoms with Crippen LogP contribution in [0, 0.1) is 18.3 Å². The molecule has 1 N–H and O–H groups in total. The maximum atomic E-state index is 13.0. The molecule has 0 radical (unpaired) electrons. The molecule has 0 unspecified atom stereocenters. The Morgan fingerprint density at radius 3 is 2.55 bits per heavy atom. The minimum Gasteiger partial charge on any atom is -0.494 e. The average Bonchev–Trinajstić information content (AvgIpc) is 3.04. The molecule has 0 atom stereocenters. The second kappa shape index (κ2) is 10.3. The number of aromatic hydroxyl groups is 1. The number of thiocarbonyl (C=S) groups is 1. The first-order valence-electron chi connectivity index (χ1n) is 10.1. The van der Waals surface area contributed by atoms with E-state index in [1.807, 2.05) is 13.0 Å². The molecular formula is C23H20ClN3O4S2. The minimum absolute atomic E-state index is 0.00906. The van der Waals surface area contributed by atoms with Crippen molar-refractivity contribution in [2.75, 3.05) is 6.54 Å². The van der Waals surface area contributed by atoms with Gasteiger partial charge in [0.2, 0.25) is 5.88 Å². The number of amides is 1. The Morgan fingerprint density at radius 2 is 1.94 bits per heavy atom. The van der Waals surface area contributed by atoms with E-state index in [1.54, 1.807) is 30.3 Å². The summed E-state index contributed by atoms with van der Waals surface area (Å²) in [5.74, 6) is -1.26. The maximum Gasteiger partial charge on any atom is 0.271 e. The Hall–Kier alpha value is -2.93. The summed E-state index contributed by atoms with van der Waals surface area (Å²) in [5, 5.41) is 20.6. The Bertz CT molecular complexity index is 1280. The monoisotopic (exact) mass is 501 g/mol. The number of hydrogen-bond donors (Lipinski definition) is 1. The van der Waals surface area contributed by atoms with Crippen LogP contribution in [0.1, 0.15) is 46.8 Å². The first-order chi connectivity index (χ1) is 15.7. The van der Waals surface area contributed by atoms with Crippen LogP contribution >= 0.6 is 35.6 Å². The van der Waals surface area contributed by atoms with Crippen LogP contribution in [0.15, 0.2) is 34.0 Å². The van der Waals surface area contributed by atoms with E-state index in [4.69, 9.17) is 23.8 Å². The SMILES string of the molecule is CCCn1c(O)c(C(=O)CCN2C(=O)/C(=C/c3ccc(Cl)cc3)SC2=S)c(C)c(C#N)c1=O. The number of halogens is 1. The standard InChI is InChI=1S/C23H20ClN3O4S2/c1-3-9-26-20(29)16(12-25)13(2)19(22(26)31)17(28)8-10-27-21(30)18(33-23(27)32)11-14-4-6-15(24)7-5-14/h4-7,11,31H,3,8-10H2,1-2H3/b18-11-. The molecule has 0 aliphatic carbocycles. The van der Waals surface area contributed by atoms with Gasteiger partial charge in [0.15, 0.2) is 5.78 Å². The van der Waals surface area contributed by atoms with Crippen LogP contribution in [0.25, 0.3) is 6.08 Å². The van der Waals surface area contributed by atoms with Gasteiger partial charge in [0.25, 0.3) is 11.5 Å². The largest absolute Gasteiger partial charge is 0.494 e. The number of nitrogens with zero attached hydrogens (tertiary/aromatic N) is 3. The van der Waals surface area contributed by atoms with Crippen molar-refractivity contribution in [3.05, 3.63) is 66.8 Å². The molecule has 0 saturated carbocycles. The molecule has 1 aliphatic heterocycles. The molecule has 1 aromatic carbocycles. The van der Waals surface area contributed by atoms with Crippen molar-refractivity contribution in [3.8, 4) is 11.9 Å². The highest BCUT2D eigenvalue weighted by Gasteiger charge is 2.33. The summed E-state index contributed by atoms with van der Waals surface area (Å²) in [6.45, 7) is 3.45. The molecule has 0 bridgehead atoms. The fraction of sp³-hybridized carbons (Fsp3) is 0.261. The highest BCUT2D eigenvalue weighted by molar-refractivity contribution is 8.26. The van der Waals surface area contributed by atoms with E-state index in [9.17, 15) is 24.8 Å². The molecule has 33 heavy (non-hydrogen) atoms. The summed E-state index contributed by atoms with van der Waals surface area (Å²) in [7, 11) is 0. The third-order valence-electron chi connectivity index (χ3n) is 5.13. The van der Waals surface area contributed by atoms with Gasteiger partial charge in [0.05, 0.1) is 10.5 Å². The van der Waals surface area contributed by atoms with E-state index in [2.05, 4.69) is 0 Å². The second-order valence-electron chi connectivity index (χ2n) is 7.33. The van der Waals surface area contributed by atoms with Gasteiger partial charge >= 0.3 is 0 Å². The lowest BCUT2D eigenvalue weighted by Gasteiger charge is -2.17. The summed E-state index contributed by atoms with van der Waals surface area (Å²) < 4.78 is 1.36. The number of hydrogen-bond acceptors (Lipinski definition) is 7. The average molecular weight is 502 g/mol. The number of aromatic nitrogens is 1. The van der Waals surface area contributed by atoms with Gasteiger partial charge in [-0.1, -0.05) is 54.6 Å². The minimum atomic E-state index is -0.629. The molecule has 10 heteroatoms. The maximum absolute atomic E-state index is 13.0. The molecule has 1 aliphatic rings. The number of Topliss-reactive ketones (excluding diaryl/α,β-unsaturated/α-hetero) is 1. The number of nitriles is 1. The van der Waals surface area contributed by atoms with E-state index in [-0.39, 0.29) is 42.1 Å². The molecule has 0 spiro atoms. The van der Waals surface area contributed by atoms with Crippen LogP contribution in [0.5, 0.6) is 5.88 Å². The number of rotatable bonds is 7. The molecule has 1 saturated heterocycles. The van der Waals surface area contributed by atoms with E-state index in [0.717, 1.165) is 21.9 Å². The highest BCUT2D eigenvalue weighted by atomic mass is 35.5. The summed E-state index contributed by atoms with van der Waals surface area (Å²) in [4.78, 5) is 40.0. The molecule has 3 rings (SSSR count). The molecule has 1 fully saturated rings. The Kier molecular flexibility index (Phi) is 7.74. The van der Waals surface area contributed by atoms with Crippen molar-refractivity contribution in [2.45, 2.75) is 33.2 Å². The van der Waals surface area contributed by atoms with Crippen LogP contribution in [0.3, 0.4) is 0 Å². The van der Waals surface area contributed by atoms with Crippen LogP contribution in [0.4, 0.5) is 0 Å². The Balaban J connectivity index is 1.82. The van der Waals surface area contributed by atoms with Crippen molar-refractivity contribution in [2.24, 2.45) is 0 Å². The summed E-state index contributed by atoms with van der Waals surface area (Å²) >= 11 is 12.4. The molecule has 170 valence electrons. The molecule has 1 amide bonds. The number of ketones is 1. The molecule has 7 nitrogen and oxygen atoms in total. The lowest BCUT2D eigenvalue weighted by atomic mass is 10.00. The zero-order valence-electron chi connectivity index (χ0n) is 17.9. The number of carbonyl (C=O) groups excluding carboxylic acids is 2.